The van der Waals surface area contributed by atoms with E-state index in [1.807, 2.05) is 18.5 Å². The Morgan fingerprint density at radius 2 is 1.02 bits per heavy atom. The Morgan fingerprint density at radius 1 is 0.434 bits per heavy atom. The van der Waals surface area contributed by atoms with Gasteiger partial charge in [-0.05, 0) is 72.9 Å². The standard InChI is InChI=1S/C48H35N5/c1-4-16-33(17-5-1)42-24-12-13-25-43(34-18-6-2-7-19-34)51-48(50-42)35-28-37(32-49-31-35)53-45-27-15-11-23-39(45)41-29-40-38-22-10-14-26-44(38)52(46(40)30-47(41)53)36-20-8-3-9-21-36/h1-11,14-24,26-32H,12-13,25H2/b42-24-,50-48-,51-43+. The van der Waals surface area contributed by atoms with Gasteiger partial charge in [0.2, 0.25) is 0 Å². The lowest BCUT2D eigenvalue weighted by molar-refractivity contribution is 0.896. The van der Waals surface area contributed by atoms with Crippen LogP contribution in [0.2, 0.25) is 0 Å². The third-order valence-corrected chi connectivity index (χ3v) is 10.3. The first-order valence-corrected chi connectivity index (χ1v) is 18.2. The molecule has 5 nitrogen and oxygen atoms in total. The highest BCUT2D eigenvalue weighted by Crippen LogP contribution is 2.39. The highest BCUT2D eigenvalue weighted by atomic mass is 15.0. The fourth-order valence-corrected chi connectivity index (χ4v) is 7.87. The summed E-state index contributed by atoms with van der Waals surface area (Å²) in [6.07, 6.45) is 8.86. The number of aliphatic imine (C=N–C) groups is 2. The molecular formula is C48H35N5. The summed E-state index contributed by atoms with van der Waals surface area (Å²) in [4.78, 5) is 15.5. The molecule has 0 unspecified atom stereocenters. The maximum Gasteiger partial charge on any atom is 0.161 e. The van der Waals surface area contributed by atoms with E-state index in [1.54, 1.807) is 0 Å². The van der Waals surface area contributed by atoms with Gasteiger partial charge in [-0.1, -0.05) is 121 Å². The number of benzene rings is 6. The molecular weight excluding hydrogens is 647 g/mol. The molecule has 4 heterocycles. The first kappa shape index (κ1) is 30.9. The highest BCUT2D eigenvalue weighted by Gasteiger charge is 2.20. The summed E-state index contributed by atoms with van der Waals surface area (Å²) in [5.41, 5.74) is 11.7. The van der Waals surface area contributed by atoms with Crippen molar-refractivity contribution in [1.82, 2.24) is 14.1 Å². The van der Waals surface area contributed by atoms with Crippen LogP contribution in [0.15, 0.2) is 186 Å². The van der Waals surface area contributed by atoms with Crippen LogP contribution in [0.1, 0.15) is 36.0 Å². The van der Waals surface area contributed by atoms with Crippen LogP contribution < -0.4 is 0 Å². The number of rotatable bonds is 5. The number of hydrogen-bond acceptors (Lipinski definition) is 3. The smallest absolute Gasteiger partial charge is 0.161 e. The monoisotopic (exact) mass is 681 g/mol. The zero-order valence-corrected chi connectivity index (χ0v) is 29.1. The lowest BCUT2D eigenvalue weighted by Crippen LogP contribution is -2.08. The minimum Gasteiger partial charge on any atom is -0.309 e. The Labute approximate surface area is 307 Å². The van der Waals surface area contributed by atoms with Gasteiger partial charge in [-0.2, -0.15) is 0 Å². The van der Waals surface area contributed by atoms with Gasteiger partial charge in [-0.25, -0.2) is 9.98 Å². The van der Waals surface area contributed by atoms with Crippen molar-refractivity contribution >= 4 is 60.9 Å². The quantitative estimate of drug-likeness (QED) is 0.178. The van der Waals surface area contributed by atoms with E-state index >= 15 is 0 Å². The maximum atomic E-state index is 5.34. The zero-order valence-electron chi connectivity index (χ0n) is 29.1. The maximum absolute atomic E-state index is 5.34. The second kappa shape index (κ2) is 13.0. The van der Waals surface area contributed by atoms with E-state index in [9.17, 15) is 0 Å². The van der Waals surface area contributed by atoms with Crippen LogP contribution in [0.5, 0.6) is 0 Å². The number of nitrogens with zero attached hydrogens (tertiary/aromatic N) is 5. The summed E-state index contributed by atoms with van der Waals surface area (Å²) in [5.74, 6) is 0.655. The van der Waals surface area contributed by atoms with Gasteiger partial charge in [0, 0.05) is 39.0 Å². The summed E-state index contributed by atoms with van der Waals surface area (Å²) < 4.78 is 4.73. The Balaban J connectivity index is 1.21. The zero-order chi connectivity index (χ0) is 35.1. The first-order valence-electron chi connectivity index (χ1n) is 18.2. The summed E-state index contributed by atoms with van der Waals surface area (Å²) in [6.45, 7) is 0. The van der Waals surface area contributed by atoms with Crippen LogP contribution in [0.3, 0.4) is 0 Å². The van der Waals surface area contributed by atoms with Gasteiger partial charge in [0.1, 0.15) is 0 Å². The van der Waals surface area contributed by atoms with Crippen molar-refractivity contribution in [3.05, 3.63) is 193 Å². The van der Waals surface area contributed by atoms with Crippen molar-refractivity contribution in [2.45, 2.75) is 19.3 Å². The molecule has 6 aromatic carbocycles. The molecule has 0 aliphatic carbocycles. The molecule has 0 N–H and O–H groups in total. The van der Waals surface area contributed by atoms with Gasteiger partial charge < -0.3 is 9.13 Å². The fourth-order valence-electron chi connectivity index (χ4n) is 7.87. The molecule has 0 spiro atoms. The van der Waals surface area contributed by atoms with Gasteiger partial charge in [-0.15, -0.1) is 0 Å². The minimum absolute atomic E-state index is 0.655. The van der Waals surface area contributed by atoms with Crippen LogP contribution in [-0.4, -0.2) is 25.7 Å². The number of fused-ring (bicyclic) bond motifs is 6. The van der Waals surface area contributed by atoms with Gasteiger partial charge in [0.25, 0.3) is 0 Å². The van der Waals surface area contributed by atoms with Gasteiger partial charge in [-0.3, -0.25) is 4.98 Å². The predicted octanol–water partition coefficient (Wildman–Crippen LogP) is 11.7. The third-order valence-electron chi connectivity index (χ3n) is 10.3. The normalized spacial score (nSPS) is 16.7. The molecule has 5 heteroatoms. The summed E-state index contributed by atoms with van der Waals surface area (Å²) in [6, 6.07) is 55.8. The molecule has 252 valence electrons. The van der Waals surface area contributed by atoms with Crippen LogP contribution in [0, 0.1) is 0 Å². The van der Waals surface area contributed by atoms with Crippen molar-refractivity contribution in [3.8, 4) is 11.4 Å². The average molecular weight is 682 g/mol. The van der Waals surface area contributed by atoms with Crippen LogP contribution in [-0.2, 0) is 0 Å². The van der Waals surface area contributed by atoms with Crippen molar-refractivity contribution in [1.29, 1.82) is 0 Å². The van der Waals surface area contributed by atoms with Crippen LogP contribution >= 0.6 is 0 Å². The minimum atomic E-state index is 0.655. The van der Waals surface area contributed by atoms with Gasteiger partial charge >= 0.3 is 0 Å². The molecule has 0 saturated heterocycles. The summed E-state index contributed by atoms with van der Waals surface area (Å²) >= 11 is 0. The molecule has 1 aliphatic heterocycles. The van der Waals surface area contributed by atoms with Crippen molar-refractivity contribution < 1.29 is 0 Å². The summed E-state index contributed by atoms with van der Waals surface area (Å²) in [7, 11) is 0. The Morgan fingerprint density at radius 3 is 1.70 bits per heavy atom. The molecule has 53 heavy (non-hydrogen) atoms. The lowest BCUT2D eigenvalue weighted by Gasteiger charge is -2.12. The number of allylic oxidation sites excluding steroid dienone is 1. The van der Waals surface area contributed by atoms with Crippen molar-refractivity contribution in [2.75, 3.05) is 0 Å². The van der Waals surface area contributed by atoms with E-state index in [4.69, 9.17) is 15.0 Å². The number of amidine groups is 1. The number of pyridine rings is 1. The Bertz CT molecular complexity index is 2890. The number of aromatic nitrogens is 3. The van der Waals surface area contributed by atoms with E-state index in [0.29, 0.717) is 5.84 Å². The average Bonchev–Trinajstić information content (AvgIpc) is 3.76. The number of hydrogen-bond donors (Lipinski definition) is 0. The summed E-state index contributed by atoms with van der Waals surface area (Å²) in [5, 5.41) is 4.87. The molecule has 0 amide bonds. The van der Waals surface area contributed by atoms with E-state index in [0.717, 1.165) is 75.3 Å². The van der Waals surface area contributed by atoms with Crippen LogP contribution in [0.25, 0.3) is 60.7 Å². The fraction of sp³-hybridized carbons (Fsp3) is 0.0625. The molecule has 0 bridgehead atoms. The van der Waals surface area contributed by atoms with Crippen molar-refractivity contribution in [2.24, 2.45) is 9.98 Å². The van der Waals surface area contributed by atoms with E-state index < -0.39 is 0 Å². The Hall–Kier alpha value is -6.85. The third kappa shape index (κ3) is 5.45. The van der Waals surface area contributed by atoms with Gasteiger partial charge in [0.05, 0.1) is 45.4 Å². The molecule has 0 radical (unpaired) electrons. The second-order valence-electron chi connectivity index (χ2n) is 13.6. The molecule has 0 saturated carbocycles. The number of para-hydroxylation sites is 3. The predicted molar refractivity (Wildman–Crippen MR) is 221 cm³/mol. The molecule has 0 atom stereocenters. The lowest BCUT2D eigenvalue weighted by atomic mass is 10.0. The molecule has 0 fully saturated rings. The van der Waals surface area contributed by atoms with Gasteiger partial charge in [0.15, 0.2) is 5.84 Å². The van der Waals surface area contributed by atoms with Crippen LogP contribution in [0.4, 0.5) is 0 Å². The molecule has 3 aromatic heterocycles. The van der Waals surface area contributed by atoms with E-state index in [-0.39, 0.29) is 0 Å². The molecule has 10 rings (SSSR count). The SMILES string of the molecule is C1=C(c2ccccc2)/N=C(c2cncc(-n3c4ccccc4c4cc5c6ccccc6n(-c6ccccc6)c5cc43)c2)\N=C(\c2ccccc2)CCC\1. The van der Waals surface area contributed by atoms with E-state index in [2.05, 4.69) is 167 Å². The molecule has 1 aliphatic rings. The molecule has 9 aromatic rings. The topological polar surface area (TPSA) is 47.5 Å². The second-order valence-corrected chi connectivity index (χ2v) is 13.6. The Kier molecular flexibility index (Phi) is 7.61. The van der Waals surface area contributed by atoms with E-state index in [1.165, 1.54) is 27.1 Å². The highest BCUT2D eigenvalue weighted by molar-refractivity contribution is 6.19. The van der Waals surface area contributed by atoms with Crippen molar-refractivity contribution in [3.63, 3.8) is 0 Å². The first-order chi connectivity index (χ1) is 26.3. The largest absolute Gasteiger partial charge is 0.309 e.